The third-order valence-corrected chi connectivity index (χ3v) is 4.48. The Balaban J connectivity index is 1.66. The minimum Gasteiger partial charge on any atom is -0.356 e. The zero-order chi connectivity index (χ0) is 12.1. The lowest BCUT2D eigenvalue weighted by Crippen LogP contribution is -2.32. The van der Waals surface area contributed by atoms with Gasteiger partial charge < -0.3 is 5.32 Å². The standard InChI is InChI=1S/C13H18ClNOS/c14-12-3-1-10(2-4-12)8-15-13(16)7-11-5-6-17-9-11/h5-6,9-10,12H,1-4,7-8H2,(H,15,16). The molecule has 0 unspecified atom stereocenters. The molecular weight excluding hydrogens is 254 g/mol. The number of rotatable bonds is 4. The van der Waals surface area contributed by atoms with Crippen molar-refractivity contribution in [3.8, 4) is 0 Å². The summed E-state index contributed by atoms with van der Waals surface area (Å²) < 4.78 is 0. The van der Waals surface area contributed by atoms with Gasteiger partial charge in [-0.05, 0) is 54.0 Å². The number of carbonyl (C=O) groups is 1. The lowest BCUT2D eigenvalue weighted by atomic mass is 9.89. The van der Waals surface area contributed by atoms with Crippen molar-refractivity contribution in [1.29, 1.82) is 0 Å². The van der Waals surface area contributed by atoms with Crippen LogP contribution in [0.1, 0.15) is 31.2 Å². The molecule has 0 atom stereocenters. The average molecular weight is 272 g/mol. The molecule has 1 fully saturated rings. The second-order valence-corrected chi connectivity index (χ2v) is 6.13. The number of thiophene rings is 1. The first-order chi connectivity index (χ1) is 8.24. The fourth-order valence-electron chi connectivity index (χ4n) is 2.23. The molecule has 1 aliphatic rings. The van der Waals surface area contributed by atoms with Crippen LogP contribution in [0.15, 0.2) is 16.8 Å². The molecular formula is C13H18ClNOS. The number of hydrogen-bond donors (Lipinski definition) is 1. The fraction of sp³-hybridized carbons (Fsp3) is 0.615. The first-order valence-corrected chi connectivity index (χ1v) is 7.54. The third-order valence-electron chi connectivity index (χ3n) is 3.31. The molecule has 4 heteroatoms. The largest absolute Gasteiger partial charge is 0.356 e. The van der Waals surface area contributed by atoms with Gasteiger partial charge in [0.1, 0.15) is 0 Å². The van der Waals surface area contributed by atoms with Crippen LogP contribution < -0.4 is 5.32 Å². The number of amides is 1. The van der Waals surface area contributed by atoms with Gasteiger partial charge in [-0.1, -0.05) is 0 Å². The average Bonchev–Trinajstić information content (AvgIpc) is 2.81. The Hall–Kier alpha value is -0.540. The quantitative estimate of drug-likeness (QED) is 0.837. The van der Waals surface area contributed by atoms with Gasteiger partial charge >= 0.3 is 0 Å². The van der Waals surface area contributed by atoms with Crippen LogP contribution in [-0.4, -0.2) is 17.8 Å². The van der Waals surface area contributed by atoms with Gasteiger partial charge in [-0.15, -0.1) is 11.6 Å². The van der Waals surface area contributed by atoms with Gasteiger partial charge in [-0.2, -0.15) is 11.3 Å². The molecule has 1 aliphatic carbocycles. The second kappa shape index (κ2) is 6.41. The zero-order valence-electron chi connectivity index (χ0n) is 9.82. The maximum absolute atomic E-state index is 11.7. The van der Waals surface area contributed by atoms with Crippen LogP contribution in [0.3, 0.4) is 0 Å². The summed E-state index contributed by atoms with van der Waals surface area (Å²) in [5.74, 6) is 0.757. The molecule has 0 aliphatic heterocycles. The van der Waals surface area contributed by atoms with Crippen molar-refractivity contribution >= 4 is 28.8 Å². The molecule has 0 radical (unpaired) electrons. The van der Waals surface area contributed by atoms with Gasteiger partial charge in [-0.25, -0.2) is 0 Å². The first-order valence-electron chi connectivity index (χ1n) is 6.16. The maximum atomic E-state index is 11.7. The Morgan fingerprint density at radius 2 is 2.18 bits per heavy atom. The number of carbonyl (C=O) groups excluding carboxylic acids is 1. The molecule has 2 nitrogen and oxygen atoms in total. The Kier molecular flexibility index (Phi) is 4.86. The molecule has 0 aromatic carbocycles. The Labute approximate surface area is 111 Å². The van der Waals surface area contributed by atoms with Gasteiger partial charge in [0, 0.05) is 11.9 Å². The number of alkyl halides is 1. The lowest BCUT2D eigenvalue weighted by Gasteiger charge is -2.25. The van der Waals surface area contributed by atoms with Crippen LogP contribution in [0.4, 0.5) is 0 Å². The molecule has 0 spiro atoms. The van der Waals surface area contributed by atoms with Crippen molar-refractivity contribution in [2.75, 3.05) is 6.54 Å². The second-order valence-electron chi connectivity index (χ2n) is 4.73. The number of halogens is 1. The van der Waals surface area contributed by atoms with Crippen LogP contribution in [0.5, 0.6) is 0 Å². The van der Waals surface area contributed by atoms with Crippen LogP contribution in [-0.2, 0) is 11.2 Å². The van der Waals surface area contributed by atoms with E-state index in [0.29, 0.717) is 17.7 Å². The van der Waals surface area contributed by atoms with E-state index in [9.17, 15) is 4.79 Å². The van der Waals surface area contributed by atoms with E-state index < -0.39 is 0 Å². The van der Waals surface area contributed by atoms with Crippen molar-refractivity contribution in [3.05, 3.63) is 22.4 Å². The SMILES string of the molecule is O=C(Cc1ccsc1)NCC1CCC(Cl)CC1. The summed E-state index contributed by atoms with van der Waals surface area (Å²) in [6.07, 6.45) is 4.98. The smallest absolute Gasteiger partial charge is 0.224 e. The van der Waals surface area contributed by atoms with Crippen molar-refractivity contribution in [3.63, 3.8) is 0 Å². The monoisotopic (exact) mass is 271 g/mol. The molecule has 1 aromatic rings. The van der Waals surface area contributed by atoms with E-state index in [0.717, 1.165) is 37.8 Å². The van der Waals surface area contributed by atoms with E-state index >= 15 is 0 Å². The van der Waals surface area contributed by atoms with E-state index in [1.807, 2.05) is 16.8 Å². The molecule has 17 heavy (non-hydrogen) atoms. The number of hydrogen-bond acceptors (Lipinski definition) is 2. The predicted molar refractivity (Wildman–Crippen MR) is 72.6 cm³/mol. The molecule has 1 aromatic heterocycles. The summed E-state index contributed by atoms with van der Waals surface area (Å²) in [6.45, 7) is 0.812. The van der Waals surface area contributed by atoms with Gasteiger partial charge in [0.25, 0.3) is 0 Å². The summed E-state index contributed by atoms with van der Waals surface area (Å²) in [4.78, 5) is 11.7. The first kappa shape index (κ1) is 12.9. The highest BCUT2D eigenvalue weighted by Crippen LogP contribution is 2.26. The molecule has 1 heterocycles. The summed E-state index contributed by atoms with van der Waals surface area (Å²) in [5.41, 5.74) is 1.11. The minimum absolute atomic E-state index is 0.136. The van der Waals surface area contributed by atoms with Gasteiger partial charge in [0.05, 0.1) is 6.42 Å². The van der Waals surface area contributed by atoms with Crippen LogP contribution >= 0.6 is 22.9 Å². The van der Waals surface area contributed by atoms with Crippen molar-refractivity contribution < 1.29 is 4.79 Å². The summed E-state index contributed by atoms with van der Waals surface area (Å²) in [7, 11) is 0. The number of nitrogens with one attached hydrogen (secondary N) is 1. The zero-order valence-corrected chi connectivity index (χ0v) is 11.4. The molecule has 0 saturated heterocycles. The van der Waals surface area contributed by atoms with E-state index in [1.54, 1.807) is 11.3 Å². The van der Waals surface area contributed by atoms with E-state index in [4.69, 9.17) is 11.6 Å². The van der Waals surface area contributed by atoms with Crippen molar-refractivity contribution in [2.24, 2.45) is 5.92 Å². The Morgan fingerprint density at radius 1 is 1.41 bits per heavy atom. The lowest BCUT2D eigenvalue weighted by molar-refractivity contribution is -0.120. The molecule has 1 saturated carbocycles. The molecule has 1 N–H and O–H groups in total. The van der Waals surface area contributed by atoms with Crippen molar-refractivity contribution in [1.82, 2.24) is 5.32 Å². The Morgan fingerprint density at radius 3 is 2.82 bits per heavy atom. The van der Waals surface area contributed by atoms with Gasteiger partial charge in [-0.3, -0.25) is 4.79 Å². The van der Waals surface area contributed by atoms with Crippen LogP contribution in [0.25, 0.3) is 0 Å². The predicted octanol–water partition coefficient (Wildman–Crippen LogP) is 3.20. The topological polar surface area (TPSA) is 29.1 Å². The molecule has 94 valence electrons. The van der Waals surface area contributed by atoms with E-state index in [1.165, 1.54) is 0 Å². The van der Waals surface area contributed by atoms with Crippen LogP contribution in [0.2, 0.25) is 0 Å². The summed E-state index contributed by atoms with van der Waals surface area (Å²) in [6, 6.07) is 2.00. The summed E-state index contributed by atoms with van der Waals surface area (Å²) >= 11 is 7.69. The normalized spacial score (nSPS) is 24.5. The molecule has 2 rings (SSSR count). The highest BCUT2D eigenvalue weighted by molar-refractivity contribution is 7.07. The van der Waals surface area contributed by atoms with E-state index in [2.05, 4.69) is 5.32 Å². The fourth-order valence-corrected chi connectivity index (χ4v) is 3.15. The highest BCUT2D eigenvalue weighted by atomic mass is 35.5. The van der Waals surface area contributed by atoms with Gasteiger partial charge in [0.15, 0.2) is 0 Å². The maximum Gasteiger partial charge on any atom is 0.224 e. The van der Waals surface area contributed by atoms with Crippen molar-refractivity contribution in [2.45, 2.75) is 37.5 Å². The van der Waals surface area contributed by atoms with E-state index in [-0.39, 0.29) is 5.91 Å². The van der Waals surface area contributed by atoms with Gasteiger partial charge in [0.2, 0.25) is 5.91 Å². The highest BCUT2D eigenvalue weighted by Gasteiger charge is 2.19. The van der Waals surface area contributed by atoms with Crippen LogP contribution in [0, 0.1) is 5.92 Å². The summed E-state index contributed by atoms with van der Waals surface area (Å²) in [5, 5.41) is 7.41. The molecule has 0 bridgehead atoms. The molecule has 1 amide bonds. The minimum atomic E-state index is 0.136. The third kappa shape index (κ3) is 4.32. The Bertz CT molecular complexity index is 344.